The van der Waals surface area contributed by atoms with Crippen molar-refractivity contribution >= 4 is 23.4 Å². The molecule has 1 aliphatic rings. The summed E-state index contributed by atoms with van der Waals surface area (Å²) in [6.45, 7) is 8.47. The van der Waals surface area contributed by atoms with E-state index in [1.54, 1.807) is 18.4 Å². The van der Waals surface area contributed by atoms with Gasteiger partial charge in [-0.25, -0.2) is 9.79 Å². The predicted molar refractivity (Wildman–Crippen MR) is 136 cm³/mol. The highest BCUT2D eigenvalue weighted by molar-refractivity contribution is 7.07. The highest BCUT2D eigenvalue weighted by Crippen LogP contribution is 2.36. The van der Waals surface area contributed by atoms with Crippen molar-refractivity contribution in [3.8, 4) is 11.5 Å². The lowest BCUT2D eigenvalue weighted by atomic mass is 9.95. The minimum absolute atomic E-state index is 0.217. The molecule has 4 rings (SSSR count). The Bertz CT molecular complexity index is 1440. The first-order valence-corrected chi connectivity index (χ1v) is 12.4. The standard InChI is InChI=1S/C27H28N2O5S/c1-5-32-20-14-13-19(16-21(20)33-6-2)24-23(26(31)34-7-3)17(4)28-27-29(24)25(30)22(35-27)15-18-11-9-8-10-12-18/h8-16,24H,5-7H2,1-4H3/b22-15-/t24-/m0/s1. The number of esters is 1. The average molecular weight is 493 g/mol. The van der Waals surface area contributed by atoms with Gasteiger partial charge in [0.2, 0.25) is 0 Å². The first kappa shape index (κ1) is 24.5. The molecule has 0 bridgehead atoms. The van der Waals surface area contributed by atoms with Gasteiger partial charge in [0.1, 0.15) is 0 Å². The van der Waals surface area contributed by atoms with Gasteiger partial charge >= 0.3 is 5.97 Å². The number of benzene rings is 2. The molecule has 0 fully saturated rings. The van der Waals surface area contributed by atoms with E-state index in [2.05, 4.69) is 4.99 Å². The molecule has 1 aliphatic heterocycles. The lowest BCUT2D eigenvalue weighted by molar-refractivity contribution is -0.139. The summed E-state index contributed by atoms with van der Waals surface area (Å²) in [6.07, 6.45) is 1.84. The number of carbonyl (C=O) groups is 1. The first-order chi connectivity index (χ1) is 17.0. The van der Waals surface area contributed by atoms with E-state index in [4.69, 9.17) is 14.2 Å². The molecule has 0 saturated heterocycles. The van der Waals surface area contributed by atoms with Crippen LogP contribution >= 0.6 is 11.3 Å². The van der Waals surface area contributed by atoms with Crippen LogP contribution in [0.4, 0.5) is 0 Å². The van der Waals surface area contributed by atoms with Crippen LogP contribution in [0.1, 0.15) is 44.9 Å². The predicted octanol–water partition coefficient (Wildman–Crippen LogP) is 3.60. The van der Waals surface area contributed by atoms with Crippen LogP contribution in [0.3, 0.4) is 0 Å². The number of allylic oxidation sites excluding steroid dienone is 1. The second-order valence-corrected chi connectivity index (χ2v) is 8.79. The van der Waals surface area contributed by atoms with Crippen molar-refractivity contribution in [2.75, 3.05) is 19.8 Å². The quantitative estimate of drug-likeness (QED) is 0.449. The van der Waals surface area contributed by atoms with Crippen LogP contribution in [0.15, 0.2) is 69.6 Å². The highest BCUT2D eigenvalue weighted by atomic mass is 32.1. The number of hydrogen-bond donors (Lipinski definition) is 0. The van der Waals surface area contributed by atoms with Crippen molar-refractivity contribution < 1.29 is 19.0 Å². The highest BCUT2D eigenvalue weighted by Gasteiger charge is 2.34. The third-order valence-corrected chi connectivity index (χ3v) is 6.48. The molecule has 0 radical (unpaired) electrons. The summed E-state index contributed by atoms with van der Waals surface area (Å²) < 4.78 is 19.0. The summed E-state index contributed by atoms with van der Waals surface area (Å²) in [4.78, 5) is 31.9. The van der Waals surface area contributed by atoms with E-state index in [9.17, 15) is 9.59 Å². The molecule has 0 saturated carbocycles. The molecule has 2 aromatic carbocycles. The van der Waals surface area contributed by atoms with Gasteiger partial charge in [-0.3, -0.25) is 9.36 Å². The maximum atomic E-state index is 13.7. The Morgan fingerprint density at radius 2 is 1.74 bits per heavy atom. The first-order valence-electron chi connectivity index (χ1n) is 11.6. The number of hydrogen-bond acceptors (Lipinski definition) is 7. The minimum Gasteiger partial charge on any atom is -0.490 e. The van der Waals surface area contributed by atoms with Gasteiger partial charge in [0.15, 0.2) is 16.3 Å². The third-order valence-electron chi connectivity index (χ3n) is 5.50. The van der Waals surface area contributed by atoms with Crippen LogP contribution in [0.2, 0.25) is 0 Å². The molecule has 1 aromatic heterocycles. The van der Waals surface area contributed by atoms with Crippen molar-refractivity contribution in [1.29, 1.82) is 0 Å². The van der Waals surface area contributed by atoms with E-state index in [0.717, 1.165) is 5.56 Å². The molecule has 8 heteroatoms. The van der Waals surface area contributed by atoms with Crippen LogP contribution in [0, 0.1) is 0 Å². The molecule has 7 nitrogen and oxygen atoms in total. The number of ether oxygens (including phenoxy) is 3. The zero-order chi connectivity index (χ0) is 24.9. The zero-order valence-corrected chi connectivity index (χ0v) is 21.1. The number of rotatable bonds is 8. The Labute approximate surface area is 207 Å². The summed E-state index contributed by atoms with van der Waals surface area (Å²) in [5, 5.41) is 0. The normalized spacial score (nSPS) is 15.4. The molecule has 2 heterocycles. The van der Waals surface area contributed by atoms with E-state index in [-0.39, 0.29) is 12.2 Å². The van der Waals surface area contributed by atoms with E-state index in [0.29, 0.717) is 50.9 Å². The van der Waals surface area contributed by atoms with Crippen LogP contribution in [-0.4, -0.2) is 30.4 Å². The summed E-state index contributed by atoms with van der Waals surface area (Å²) >= 11 is 1.30. The summed E-state index contributed by atoms with van der Waals surface area (Å²) in [5.74, 6) is 0.659. The van der Waals surface area contributed by atoms with Crippen molar-refractivity contribution in [3.63, 3.8) is 0 Å². The van der Waals surface area contributed by atoms with Crippen molar-refractivity contribution in [3.05, 3.63) is 90.6 Å². The second-order valence-electron chi connectivity index (χ2n) is 7.79. The SMILES string of the molecule is CCOC(=O)C1=C(C)N=c2s/c(=C\c3ccccc3)c(=O)n2[C@H]1c1ccc(OCC)c(OCC)c1. The number of carbonyl (C=O) groups excluding carboxylic acids is 1. The molecule has 3 aromatic rings. The molecule has 0 spiro atoms. The van der Waals surface area contributed by atoms with Gasteiger partial charge in [-0.15, -0.1) is 0 Å². The average Bonchev–Trinajstić information content (AvgIpc) is 3.14. The second kappa shape index (κ2) is 10.7. The van der Waals surface area contributed by atoms with Gasteiger partial charge in [0.05, 0.1) is 41.7 Å². The van der Waals surface area contributed by atoms with E-state index >= 15 is 0 Å². The van der Waals surface area contributed by atoms with Gasteiger partial charge < -0.3 is 14.2 Å². The lowest BCUT2D eigenvalue weighted by Gasteiger charge is -2.25. The Morgan fingerprint density at radius 3 is 2.43 bits per heavy atom. The fraction of sp³-hybridized carbons (Fsp3) is 0.296. The molecular formula is C27H28N2O5S. The lowest BCUT2D eigenvalue weighted by Crippen LogP contribution is -2.40. The monoisotopic (exact) mass is 492 g/mol. The molecular weight excluding hydrogens is 464 g/mol. The van der Waals surface area contributed by atoms with Gasteiger partial charge in [-0.1, -0.05) is 47.7 Å². The molecule has 35 heavy (non-hydrogen) atoms. The number of aromatic nitrogens is 1. The fourth-order valence-electron chi connectivity index (χ4n) is 4.05. The van der Waals surface area contributed by atoms with Gasteiger partial charge in [-0.05, 0) is 57.0 Å². The minimum atomic E-state index is -0.710. The van der Waals surface area contributed by atoms with Crippen LogP contribution in [-0.2, 0) is 9.53 Å². The topological polar surface area (TPSA) is 79.1 Å². The molecule has 0 aliphatic carbocycles. The van der Waals surface area contributed by atoms with E-state index in [1.165, 1.54) is 11.3 Å². The van der Waals surface area contributed by atoms with Crippen LogP contribution in [0.5, 0.6) is 11.5 Å². The molecule has 182 valence electrons. The summed E-state index contributed by atoms with van der Waals surface area (Å²) in [5.41, 5.74) is 2.26. The van der Waals surface area contributed by atoms with Crippen molar-refractivity contribution in [1.82, 2.24) is 4.57 Å². The van der Waals surface area contributed by atoms with Gasteiger partial charge in [-0.2, -0.15) is 0 Å². The molecule has 0 unspecified atom stereocenters. The Kier molecular flexibility index (Phi) is 7.51. The van der Waals surface area contributed by atoms with Crippen molar-refractivity contribution in [2.24, 2.45) is 4.99 Å². The maximum absolute atomic E-state index is 13.7. The van der Waals surface area contributed by atoms with Gasteiger partial charge in [0.25, 0.3) is 5.56 Å². The number of nitrogens with zero attached hydrogens (tertiary/aromatic N) is 2. The molecule has 0 N–H and O–H groups in total. The molecule has 1 atom stereocenters. The number of fused-ring (bicyclic) bond motifs is 1. The summed E-state index contributed by atoms with van der Waals surface area (Å²) in [7, 11) is 0. The summed E-state index contributed by atoms with van der Waals surface area (Å²) in [6, 6.07) is 14.4. The smallest absolute Gasteiger partial charge is 0.338 e. The van der Waals surface area contributed by atoms with Crippen LogP contribution < -0.4 is 24.4 Å². The maximum Gasteiger partial charge on any atom is 0.338 e. The third kappa shape index (κ3) is 4.93. The fourth-order valence-corrected chi connectivity index (χ4v) is 5.09. The van der Waals surface area contributed by atoms with Gasteiger partial charge in [0, 0.05) is 0 Å². The van der Waals surface area contributed by atoms with E-state index in [1.807, 2.05) is 68.5 Å². The molecule has 0 amide bonds. The Morgan fingerprint density at radius 1 is 1.03 bits per heavy atom. The largest absolute Gasteiger partial charge is 0.490 e. The Balaban J connectivity index is 1.95. The number of thiazole rings is 1. The van der Waals surface area contributed by atoms with E-state index < -0.39 is 12.0 Å². The van der Waals surface area contributed by atoms with Crippen molar-refractivity contribution in [2.45, 2.75) is 33.7 Å². The Hall–Kier alpha value is -3.65. The van der Waals surface area contributed by atoms with Crippen LogP contribution in [0.25, 0.3) is 6.08 Å². The zero-order valence-electron chi connectivity index (χ0n) is 20.2.